The molecule has 0 saturated heterocycles. The number of aliphatic hydroxyl groups excluding tert-OH is 1. The van der Waals surface area contributed by atoms with Gasteiger partial charge in [0.25, 0.3) is 0 Å². The van der Waals surface area contributed by atoms with E-state index in [1.165, 1.54) is 0 Å². The second-order valence-corrected chi connectivity index (χ2v) is 3.97. The molecule has 0 aromatic carbocycles. The van der Waals surface area contributed by atoms with Crippen molar-refractivity contribution < 1.29 is 5.11 Å². The van der Waals surface area contributed by atoms with Crippen molar-refractivity contribution in [1.82, 2.24) is 14.7 Å². The van der Waals surface area contributed by atoms with Crippen molar-refractivity contribution in [2.75, 3.05) is 25.9 Å². The molecule has 1 heterocycles. The van der Waals surface area contributed by atoms with E-state index in [0.29, 0.717) is 12.4 Å². The van der Waals surface area contributed by atoms with Crippen LogP contribution in [0, 0.1) is 0 Å². The van der Waals surface area contributed by atoms with Crippen LogP contribution in [-0.4, -0.2) is 46.0 Å². The van der Waals surface area contributed by atoms with Crippen LogP contribution in [0.4, 0.5) is 5.82 Å². The van der Waals surface area contributed by atoms with Crippen LogP contribution in [0.5, 0.6) is 0 Å². The van der Waals surface area contributed by atoms with E-state index < -0.39 is 0 Å². The molecule has 5 heteroatoms. The smallest absolute Gasteiger partial charge is 0.145 e. The molecule has 1 rings (SSSR count). The molecule has 1 unspecified atom stereocenters. The first kappa shape index (κ1) is 12.0. The number of nitrogens with zero attached hydrogens (tertiary/aromatic N) is 3. The van der Waals surface area contributed by atoms with Gasteiger partial charge in [0.15, 0.2) is 0 Å². The first-order valence-electron chi connectivity index (χ1n) is 5.23. The third-order valence-electron chi connectivity index (χ3n) is 2.16. The molecule has 1 aromatic rings. The maximum absolute atomic E-state index is 9.17. The van der Waals surface area contributed by atoms with Gasteiger partial charge in [-0.3, -0.25) is 4.68 Å². The van der Waals surface area contributed by atoms with E-state index in [-0.39, 0.29) is 6.10 Å². The average molecular weight is 212 g/mol. The van der Waals surface area contributed by atoms with Gasteiger partial charge in [-0.25, -0.2) is 0 Å². The molecule has 3 N–H and O–H groups in total. The highest BCUT2D eigenvalue weighted by molar-refractivity contribution is 5.23. The van der Waals surface area contributed by atoms with E-state index in [4.69, 9.17) is 10.8 Å². The Balaban J connectivity index is 2.16. The van der Waals surface area contributed by atoms with Crippen LogP contribution in [0.25, 0.3) is 0 Å². The van der Waals surface area contributed by atoms with E-state index in [1.54, 1.807) is 13.0 Å². The van der Waals surface area contributed by atoms with Gasteiger partial charge in [-0.15, -0.1) is 0 Å². The number of anilines is 1. The molecule has 15 heavy (non-hydrogen) atoms. The maximum atomic E-state index is 9.17. The monoisotopic (exact) mass is 212 g/mol. The van der Waals surface area contributed by atoms with Crippen molar-refractivity contribution in [2.45, 2.75) is 26.0 Å². The Labute approximate surface area is 90.5 Å². The fourth-order valence-electron chi connectivity index (χ4n) is 1.55. The van der Waals surface area contributed by atoms with Gasteiger partial charge in [0.2, 0.25) is 0 Å². The maximum Gasteiger partial charge on any atom is 0.145 e. The largest absolute Gasteiger partial charge is 0.392 e. The molecule has 0 saturated carbocycles. The van der Waals surface area contributed by atoms with Crippen LogP contribution in [0.1, 0.15) is 13.3 Å². The lowest BCUT2D eigenvalue weighted by molar-refractivity contribution is 0.140. The summed E-state index contributed by atoms with van der Waals surface area (Å²) in [6.45, 7) is 4.32. The summed E-state index contributed by atoms with van der Waals surface area (Å²) in [7, 11) is 2.00. The minimum absolute atomic E-state index is 0.268. The summed E-state index contributed by atoms with van der Waals surface area (Å²) in [6, 6.07) is 1.79. The molecule has 0 radical (unpaired) electrons. The highest BCUT2D eigenvalue weighted by atomic mass is 16.3. The van der Waals surface area contributed by atoms with Gasteiger partial charge in [-0.05, 0) is 33.0 Å². The van der Waals surface area contributed by atoms with Crippen LogP contribution in [0.15, 0.2) is 12.3 Å². The van der Waals surface area contributed by atoms with Crippen LogP contribution < -0.4 is 5.73 Å². The number of rotatable bonds is 6. The van der Waals surface area contributed by atoms with Gasteiger partial charge < -0.3 is 15.7 Å². The molecular formula is C10H20N4O. The summed E-state index contributed by atoms with van der Waals surface area (Å²) >= 11 is 0. The van der Waals surface area contributed by atoms with Crippen molar-refractivity contribution in [3.63, 3.8) is 0 Å². The highest BCUT2D eigenvalue weighted by Gasteiger charge is 2.02. The summed E-state index contributed by atoms with van der Waals surface area (Å²) in [5, 5.41) is 13.3. The third-order valence-corrected chi connectivity index (χ3v) is 2.16. The standard InChI is InChI=1S/C10H20N4O/c1-9(15)8-13(2)5-3-6-14-7-4-10(11)12-14/h4,7,9,15H,3,5-6,8H2,1-2H3,(H2,11,12). The number of hydrogen-bond acceptors (Lipinski definition) is 4. The average Bonchev–Trinajstić information content (AvgIpc) is 2.50. The molecule has 1 aromatic heterocycles. The van der Waals surface area contributed by atoms with Crippen LogP contribution in [0.2, 0.25) is 0 Å². The Hall–Kier alpha value is -1.07. The molecule has 0 bridgehead atoms. The van der Waals surface area contributed by atoms with Gasteiger partial charge in [0.05, 0.1) is 6.10 Å². The molecule has 0 aliphatic heterocycles. The van der Waals surface area contributed by atoms with Crippen molar-refractivity contribution >= 4 is 5.82 Å². The van der Waals surface area contributed by atoms with E-state index in [1.807, 2.05) is 17.9 Å². The molecule has 0 aliphatic carbocycles. The number of aliphatic hydroxyl groups is 1. The third kappa shape index (κ3) is 4.80. The Bertz CT molecular complexity index is 285. The minimum Gasteiger partial charge on any atom is -0.392 e. The normalized spacial score (nSPS) is 13.3. The predicted molar refractivity (Wildman–Crippen MR) is 60.4 cm³/mol. The molecule has 1 atom stereocenters. The minimum atomic E-state index is -0.268. The zero-order valence-electron chi connectivity index (χ0n) is 9.43. The number of nitrogens with two attached hydrogens (primary N) is 1. The summed E-state index contributed by atoms with van der Waals surface area (Å²) in [6.07, 6.45) is 2.62. The molecule has 0 spiro atoms. The Morgan fingerprint density at radius 2 is 2.40 bits per heavy atom. The van der Waals surface area contributed by atoms with Gasteiger partial charge in [-0.2, -0.15) is 5.10 Å². The Morgan fingerprint density at radius 3 is 2.93 bits per heavy atom. The van der Waals surface area contributed by atoms with Crippen LogP contribution in [0.3, 0.4) is 0 Å². The second kappa shape index (κ2) is 5.72. The molecule has 0 aliphatic rings. The lowest BCUT2D eigenvalue weighted by Crippen LogP contribution is -2.28. The van der Waals surface area contributed by atoms with Crippen molar-refractivity contribution in [1.29, 1.82) is 0 Å². The quantitative estimate of drug-likeness (QED) is 0.705. The van der Waals surface area contributed by atoms with Crippen LogP contribution >= 0.6 is 0 Å². The zero-order chi connectivity index (χ0) is 11.3. The van der Waals surface area contributed by atoms with Gasteiger partial charge >= 0.3 is 0 Å². The number of aromatic nitrogens is 2. The fraction of sp³-hybridized carbons (Fsp3) is 0.700. The SMILES string of the molecule is CC(O)CN(C)CCCn1ccc(N)n1. The lowest BCUT2D eigenvalue weighted by atomic mass is 10.3. The van der Waals surface area contributed by atoms with Crippen molar-refractivity contribution in [2.24, 2.45) is 0 Å². The summed E-state index contributed by atoms with van der Waals surface area (Å²) < 4.78 is 1.84. The molecular weight excluding hydrogens is 192 g/mol. The first-order chi connectivity index (χ1) is 7.08. The topological polar surface area (TPSA) is 67.3 Å². The Kier molecular flexibility index (Phi) is 4.58. The highest BCUT2D eigenvalue weighted by Crippen LogP contribution is 1.98. The number of aryl methyl sites for hydroxylation is 1. The number of hydrogen-bond donors (Lipinski definition) is 2. The number of likely N-dealkylation sites (N-methyl/N-ethyl adjacent to an activating group) is 1. The lowest BCUT2D eigenvalue weighted by Gasteiger charge is -2.17. The zero-order valence-corrected chi connectivity index (χ0v) is 9.43. The molecule has 86 valence electrons. The molecule has 5 nitrogen and oxygen atoms in total. The van der Waals surface area contributed by atoms with Gasteiger partial charge in [-0.1, -0.05) is 0 Å². The predicted octanol–water partition coefficient (Wildman–Crippen LogP) is 0.168. The van der Waals surface area contributed by atoms with E-state index in [9.17, 15) is 0 Å². The number of nitrogen functional groups attached to an aromatic ring is 1. The van der Waals surface area contributed by atoms with E-state index in [0.717, 1.165) is 19.5 Å². The molecule has 0 amide bonds. The van der Waals surface area contributed by atoms with Gasteiger partial charge in [0.1, 0.15) is 5.82 Å². The van der Waals surface area contributed by atoms with Crippen LogP contribution in [-0.2, 0) is 6.54 Å². The summed E-state index contributed by atoms with van der Waals surface area (Å²) in [5.41, 5.74) is 5.50. The first-order valence-corrected chi connectivity index (χ1v) is 5.23. The van der Waals surface area contributed by atoms with E-state index in [2.05, 4.69) is 10.00 Å². The van der Waals surface area contributed by atoms with Crippen molar-refractivity contribution in [3.05, 3.63) is 12.3 Å². The summed E-state index contributed by atoms with van der Waals surface area (Å²) in [4.78, 5) is 2.11. The van der Waals surface area contributed by atoms with E-state index >= 15 is 0 Å². The summed E-state index contributed by atoms with van der Waals surface area (Å²) in [5.74, 6) is 0.562. The Morgan fingerprint density at radius 1 is 1.67 bits per heavy atom. The van der Waals surface area contributed by atoms with Gasteiger partial charge in [0, 0.05) is 19.3 Å². The van der Waals surface area contributed by atoms with Crippen molar-refractivity contribution in [3.8, 4) is 0 Å². The second-order valence-electron chi connectivity index (χ2n) is 3.97. The fourth-order valence-corrected chi connectivity index (χ4v) is 1.55. The molecule has 0 fully saturated rings.